The molecular weight excluding hydrogens is 250 g/mol. The van der Waals surface area contributed by atoms with E-state index in [-0.39, 0.29) is 0 Å². The predicted molar refractivity (Wildman–Crippen MR) is 73.1 cm³/mol. The van der Waals surface area contributed by atoms with Crippen molar-refractivity contribution in [3.05, 3.63) is 17.0 Å². The number of halogens is 1. The van der Waals surface area contributed by atoms with Crippen LogP contribution in [0.2, 0.25) is 5.15 Å². The highest BCUT2D eigenvalue weighted by atomic mass is 35.5. The molecule has 1 aliphatic heterocycles. The normalized spacial score (nSPS) is 21.3. The highest BCUT2D eigenvalue weighted by molar-refractivity contribution is 6.30. The largest absolute Gasteiger partial charge is 0.381 e. The molecule has 1 fully saturated rings. The molecule has 2 rings (SSSR count). The molecule has 0 amide bonds. The molecule has 100 valence electrons. The third-order valence-corrected chi connectivity index (χ3v) is 3.75. The molecule has 0 radical (unpaired) electrons. The van der Waals surface area contributed by atoms with E-state index in [9.17, 15) is 0 Å². The van der Waals surface area contributed by atoms with E-state index < -0.39 is 0 Å². The maximum Gasteiger partial charge on any atom is 0.138 e. The van der Waals surface area contributed by atoms with E-state index >= 15 is 0 Å². The van der Waals surface area contributed by atoms with Crippen molar-refractivity contribution in [1.29, 1.82) is 0 Å². The first kappa shape index (κ1) is 13.6. The van der Waals surface area contributed by atoms with E-state index in [0.29, 0.717) is 23.0 Å². The van der Waals surface area contributed by atoms with Gasteiger partial charge in [-0.1, -0.05) is 25.4 Å². The molecule has 0 bridgehead atoms. The topological polar surface area (TPSA) is 47.0 Å². The predicted octanol–water partition coefficient (Wildman–Crippen LogP) is 3.09. The van der Waals surface area contributed by atoms with Crippen molar-refractivity contribution >= 4 is 17.4 Å². The van der Waals surface area contributed by atoms with Gasteiger partial charge >= 0.3 is 0 Å². The lowest BCUT2D eigenvalue weighted by molar-refractivity contribution is 0.183. The van der Waals surface area contributed by atoms with Gasteiger partial charge in [-0.15, -0.1) is 0 Å². The standard InChI is InChI=1S/C13H20ClN3O/c1-8(2)11-12(14)15-7-16-13(11)17-9(3)10-4-5-18-6-10/h7-10H,4-6H2,1-3H3,(H,15,16,17). The Morgan fingerprint density at radius 1 is 1.39 bits per heavy atom. The second-order valence-corrected chi connectivity index (χ2v) is 5.50. The first-order chi connectivity index (χ1) is 8.59. The Labute approximate surface area is 113 Å². The third-order valence-electron chi connectivity index (χ3n) is 3.45. The summed E-state index contributed by atoms with van der Waals surface area (Å²) in [5.74, 6) is 1.69. The van der Waals surface area contributed by atoms with Gasteiger partial charge in [0.1, 0.15) is 17.3 Å². The van der Waals surface area contributed by atoms with E-state index in [1.807, 2.05) is 0 Å². The summed E-state index contributed by atoms with van der Waals surface area (Å²) in [6.07, 6.45) is 2.61. The molecular formula is C13H20ClN3O. The zero-order valence-electron chi connectivity index (χ0n) is 11.1. The lowest BCUT2D eigenvalue weighted by Gasteiger charge is -2.22. The van der Waals surface area contributed by atoms with Crippen molar-refractivity contribution in [2.75, 3.05) is 18.5 Å². The molecule has 2 heterocycles. The van der Waals surface area contributed by atoms with Crippen LogP contribution in [0, 0.1) is 5.92 Å². The molecule has 0 aromatic carbocycles. The molecule has 2 atom stereocenters. The Balaban J connectivity index is 2.15. The number of nitrogens with one attached hydrogen (secondary N) is 1. The first-order valence-electron chi connectivity index (χ1n) is 6.44. The fourth-order valence-corrected chi connectivity index (χ4v) is 2.63. The monoisotopic (exact) mass is 269 g/mol. The molecule has 1 N–H and O–H groups in total. The maximum atomic E-state index is 6.15. The smallest absolute Gasteiger partial charge is 0.138 e. The number of anilines is 1. The van der Waals surface area contributed by atoms with Crippen molar-refractivity contribution in [3.8, 4) is 0 Å². The number of hydrogen-bond acceptors (Lipinski definition) is 4. The number of hydrogen-bond donors (Lipinski definition) is 1. The average molecular weight is 270 g/mol. The minimum absolute atomic E-state index is 0.299. The summed E-state index contributed by atoms with van der Waals surface area (Å²) in [6, 6.07) is 0.330. The highest BCUT2D eigenvalue weighted by Gasteiger charge is 2.24. The highest BCUT2D eigenvalue weighted by Crippen LogP contribution is 2.29. The van der Waals surface area contributed by atoms with Crippen LogP contribution >= 0.6 is 11.6 Å². The van der Waals surface area contributed by atoms with E-state index in [2.05, 4.69) is 36.1 Å². The molecule has 1 aromatic heterocycles. The van der Waals surface area contributed by atoms with Crippen LogP contribution in [0.5, 0.6) is 0 Å². The van der Waals surface area contributed by atoms with Gasteiger partial charge in [-0.25, -0.2) is 9.97 Å². The fourth-order valence-electron chi connectivity index (χ4n) is 2.28. The molecule has 2 unspecified atom stereocenters. The summed E-state index contributed by atoms with van der Waals surface area (Å²) < 4.78 is 5.42. The molecule has 0 saturated carbocycles. The Kier molecular flexibility index (Phi) is 4.40. The number of ether oxygens (including phenoxy) is 1. The quantitative estimate of drug-likeness (QED) is 0.854. The Morgan fingerprint density at radius 3 is 2.78 bits per heavy atom. The Hall–Kier alpha value is -0.870. The number of nitrogens with zero attached hydrogens (tertiary/aromatic N) is 2. The van der Waals surface area contributed by atoms with Crippen molar-refractivity contribution in [1.82, 2.24) is 9.97 Å². The van der Waals surface area contributed by atoms with Crippen LogP contribution in [0.25, 0.3) is 0 Å². The summed E-state index contributed by atoms with van der Waals surface area (Å²) in [7, 11) is 0. The van der Waals surface area contributed by atoms with Gasteiger partial charge in [-0.2, -0.15) is 0 Å². The second kappa shape index (κ2) is 5.85. The van der Waals surface area contributed by atoms with Gasteiger partial charge in [-0.3, -0.25) is 0 Å². The zero-order valence-corrected chi connectivity index (χ0v) is 11.9. The lowest BCUT2D eigenvalue weighted by Crippen LogP contribution is -2.27. The molecule has 1 aliphatic rings. The summed E-state index contributed by atoms with van der Waals surface area (Å²) in [4.78, 5) is 8.38. The van der Waals surface area contributed by atoms with Crippen molar-refractivity contribution in [3.63, 3.8) is 0 Å². The Bertz CT molecular complexity index is 405. The van der Waals surface area contributed by atoms with E-state index in [4.69, 9.17) is 16.3 Å². The van der Waals surface area contributed by atoms with Crippen LogP contribution in [0.3, 0.4) is 0 Å². The Morgan fingerprint density at radius 2 is 2.17 bits per heavy atom. The van der Waals surface area contributed by atoms with Gasteiger partial charge in [0.05, 0.1) is 6.61 Å². The van der Waals surface area contributed by atoms with Crippen molar-refractivity contribution in [2.24, 2.45) is 5.92 Å². The minimum Gasteiger partial charge on any atom is -0.381 e. The van der Waals surface area contributed by atoms with E-state index in [1.165, 1.54) is 6.33 Å². The van der Waals surface area contributed by atoms with Crippen LogP contribution in [-0.2, 0) is 4.74 Å². The fraction of sp³-hybridized carbons (Fsp3) is 0.692. The number of rotatable bonds is 4. The van der Waals surface area contributed by atoms with Crippen LogP contribution in [0.1, 0.15) is 38.7 Å². The van der Waals surface area contributed by atoms with Gasteiger partial charge in [0.15, 0.2) is 0 Å². The average Bonchev–Trinajstić information content (AvgIpc) is 2.81. The van der Waals surface area contributed by atoms with E-state index in [0.717, 1.165) is 31.0 Å². The molecule has 4 nitrogen and oxygen atoms in total. The van der Waals surface area contributed by atoms with Crippen molar-refractivity contribution in [2.45, 2.75) is 39.2 Å². The molecule has 1 aromatic rings. The summed E-state index contributed by atoms with van der Waals surface area (Å²) in [5, 5.41) is 4.00. The molecule has 0 spiro atoms. The molecule has 5 heteroatoms. The second-order valence-electron chi connectivity index (χ2n) is 5.14. The van der Waals surface area contributed by atoms with Crippen LogP contribution < -0.4 is 5.32 Å². The summed E-state index contributed by atoms with van der Waals surface area (Å²) >= 11 is 6.15. The minimum atomic E-state index is 0.299. The molecule has 18 heavy (non-hydrogen) atoms. The SMILES string of the molecule is CC(C)c1c(Cl)ncnc1NC(C)C1CCOC1. The maximum absolute atomic E-state index is 6.15. The molecule has 0 aliphatic carbocycles. The third kappa shape index (κ3) is 2.93. The van der Waals surface area contributed by atoms with Gasteiger partial charge in [-0.05, 0) is 19.3 Å². The van der Waals surface area contributed by atoms with Gasteiger partial charge in [0, 0.05) is 24.1 Å². The molecule has 1 saturated heterocycles. The van der Waals surface area contributed by atoms with Crippen LogP contribution in [0.4, 0.5) is 5.82 Å². The van der Waals surface area contributed by atoms with E-state index in [1.54, 1.807) is 0 Å². The zero-order chi connectivity index (χ0) is 13.1. The summed E-state index contributed by atoms with van der Waals surface area (Å²) in [5.41, 5.74) is 0.991. The first-order valence-corrected chi connectivity index (χ1v) is 6.82. The van der Waals surface area contributed by atoms with Crippen LogP contribution in [0.15, 0.2) is 6.33 Å². The van der Waals surface area contributed by atoms with Crippen LogP contribution in [-0.4, -0.2) is 29.2 Å². The van der Waals surface area contributed by atoms with Gasteiger partial charge < -0.3 is 10.1 Å². The lowest BCUT2D eigenvalue weighted by atomic mass is 9.99. The summed E-state index contributed by atoms with van der Waals surface area (Å²) in [6.45, 7) is 8.04. The van der Waals surface area contributed by atoms with Gasteiger partial charge in [0.2, 0.25) is 0 Å². The van der Waals surface area contributed by atoms with Gasteiger partial charge in [0.25, 0.3) is 0 Å². The number of aromatic nitrogens is 2. The van der Waals surface area contributed by atoms with Crippen molar-refractivity contribution < 1.29 is 4.74 Å².